The van der Waals surface area contributed by atoms with Crippen LogP contribution in [0.4, 0.5) is 15.8 Å². The largest absolute Gasteiger partial charge is 0.491 e. The van der Waals surface area contributed by atoms with Crippen LogP contribution in [0.3, 0.4) is 0 Å². The van der Waals surface area contributed by atoms with Gasteiger partial charge in [-0.1, -0.05) is 15.9 Å². The predicted octanol–water partition coefficient (Wildman–Crippen LogP) is 1.43. The van der Waals surface area contributed by atoms with Crippen LogP contribution in [0.25, 0.3) is 0 Å². The van der Waals surface area contributed by atoms with Crippen LogP contribution in [0.5, 0.6) is 0 Å². The number of halogens is 2. The highest BCUT2D eigenvalue weighted by molar-refractivity contribution is 9.10. The highest BCUT2D eigenvalue weighted by Crippen LogP contribution is 2.28. The summed E-state index contributed by atoms with van der Waals surface area (Å²) in [6.45, 7) is 0. The molecule has 23 heavy (non-hydrogen) atoms. The fourth-order valence-corrected chi connectivity index (χ4v) is 2.19. The smallest absolute Gasteiger partial charge is 0.423 e. The number of hydrogen-bond donors (Lipinski definition) is 3. The van der Waals surface area contributed by atoms with Gasteiger partial charge in [0.15, 0.2) is 0 Å². The second-order valence-corrected chi connectivity index (χ2v) is 5.40. The molecule has 0 aromatic heterocycles. The number of amides is 1. The van der Waals surface area contributed by atoms with Gasteiger partial charge in [0.25, 0.3) is 11.6 Å². The van der Waals surface area contributed by atoms with E-state index in [0.29, 0.717) is 4.47 Å². The van der Waals surface area contributed by atoms with Gasteiger partial charge in [0, 0.05) is 21.6 Å². The topological polar surface area (TPSA) is 113 Å². The predicted molar refractivity (Wildman–Crippen MR) is 85.0 cm³/mol. The molecule has 0 aliphatic rings. The zero-order valence-electron chi connectivity index (χ0n) is 11.4. The number of rotatable bonds is 4. The van der Waals surface area contributed by atoms with Crippen LogP contribution in [-0.2, 0) is 0 Å². The van der Waals surface area contributed by atoms with Crippen molar-refractivity contribution in [2.45, 2.75) is 0 Å². The summed E-state index contributed by atoms with van der Waals surface area (Å²) in [5, 5.41) is 31.4. The molecule has 10 heteroatoms. The van der Waals surface area contributed by atoms with E-state index >= 15 is 0 Å². The van der Waals surface area contributed by atoms with Crippen molar-refractivity contribution >= 4 is 45.8 Å². The molecule has 2 aromatic carbocycles. The number of benzene rings is 2. The molecular formula is C13H9BBrFN2O5. The standard InChI is InChI=1S/C13H9BBrFN2O5/c15-8-2-4-11(12(6-8)18(22)23)17-13(19)7-1-3-10(16)9(5-7)14(20)21/h1-6,20-21H,(H,17,19). The third kappa shape index (κ3) is 3.92. The van der Waals surface area contributed by atoms with E-state index in [2.05, 4.69) is 21.2 Å². The number of nitro groups is 1. The molecule has 1 amide bonds. The van der Waals surface area contributed by atoms with Gasteiger partial charge in [0.1, 0.15) is 11.5 Å². The Labute approximate surface area is 138 Å². The molecule has 0 heterocycles. The van der Waals surface area contributed by atoms with Gasteiger partial charge in [-0.15, -0.1) is 0 Å². The van der Waals surface area contributed by atoms with Crippen molar-refractivity contribution < 1.29 is 24.2 Å². The molecule has 0 atom stereocenters. The van der Waals surface area contributed by atoms with Gasteiger partial charge >= 0.3 is 7.12 Å². The molecule has 0 bridgehead atoms. The zero-order valence-corrected chi connectivity index (χ0v) is 12.9. The monoisotopic (exact) mass is 382 g/mol. The molecule has 0 aliphatic heterocycles. The number of anilines is 1. The highest BCUT2D eigenvalue weighted by Gasteiger charge is 2.21. The van der Waals surface area contributed by atoms with E-state index in [4.69, 9.17) is 10.0 Å². The number of hydrogen-bond acceptors (Lipinski definition) is 5. The van der Waals surface area contributed by atoms with E-state index < -0.39 is 29.2 Å². The normalized spacial score (nSPS) is 10.3. The quantitative estimate of drug-likeness (QED) is 0.420. The third-order valence-corrected chi connectivity index (χ3v) is 3.43. The lowest BCUT2D eigenvalue weighted by atomic mass is 9.79. The summed E-state index contributed by atoms with van der Waals surface area (Å²) >= 11 is 3.09. The maximum atomic E-state index is 13.4. The van der Waals surface area contributed by atoms with Crippen molar-refractivity contribution in [1.29, 1.82) is 0 Å². The Balaban J connectivity index is 2.33. The Morgan fingerprint density at radius 1 is 1.26 bits per heavy atom. The maximum absolute atomic E-state index is 13.4. The van der Waals surface area contributed by atoms with Crippen molar-refractivity contribution in [3.63, 3.8) is 0 Å². The molecule has 0 saturated carbocycles. The lowest BCUT2D eigenvalue weighted by Gasteiger charge is -2.08. The summed E-state index contributed by atoms with van der Waals surface area (Å²) < 4.78 is 13.8. The lowest BCUT2D eigenvalue weighted by molar-refractivity contribution is -0.384. The summed E-state index contributed by atoms with van der Waals surface area (Å²) in [7, 11) is -2.08. The van der Waals surface area contributed by atoms with E-state index in [0.717, 1.165) is 18.2 Å². The molecule has 2 rings (SSSR count). The van der Waals surface area contributed by atoms with Crippen LogP contribution < -0.4 is 10.8 Å². The van der Waals surface area contributed by atoms with Crippen LogP contribution in [0.2, 0.25) is 0 Å². The first-order valence-corrected chi connectivity index (χ1v) is 6.99. The lowest BCUT2D eigenvalue weighted by Crippen LogP contribution is -2.33. The number of carbonyl (C=O) groups excluding carboxylic acids is 1. The van der Waals surface area contributed by atoms with Crippen LogP contribution >= 0.6 is 15.9 Å². The Kier molecular flexibility index (Phi) is 5.09. The molecule has 0 aliphatic carbocycles. The molecule has 0 radical (unpaired) electrons. The Bertz CT molecular complexity index is 787. The van der Waals surface area contributed by atoms with Crippen molar-refractivity contribution in [2.75, 3.05) is 5.32 Å². The van der Waals surface area contributed by atoms with Crippen molar-refractivity contribution in [1.82, 2.24) is 0 Å². The summed E-state index contributed by atoms with van der Waals surface area (Å²) in [5.74, 6) is -1.64. The first kappa shape index (κ1) is 17.1. The van der Waals surface area contributed by atoms with Crippen LogP contribution in [0.1, 0.15) is 10.4 Å². The van der Waals surface area contributed by atoms with E-state index in [9.17, 15) is 19.3 Å². The molecule has 0 fully saturated rings. The first-order chi connectivity index (χ1) is 10.8. The molecule has 3 N–H and O–H groups in total. The molecule has 2 aromatic rings. The minimum absolute atomic E-state index is 0.0429. The second kappa shape index (κ2) is 6.86. The van der Waals surface area contributed by atoms with Crippen LogP contribution in [0.15, 0.2) is 40.9 Å². The van der Waals surface area contributed by atoms with Gasteiger partial charge in [-0.3, -0.25) is 14.9 Å². The molecule has 0 spiro atoms. The summed E-state index contributed by atoms with van der Waals surface area (Å²) in [5.41, 5.74) is -0.912. The van der Waals surface area contributed by atoms with Crippen LogP contribution in [0, 0.1) is 15.9 Å². The van der Waals surface area contributed by atoms with Crippen molar-refractivity contribution in [3.05, 3.63) is 62.4 Å². The van der Waals surface area contributed by atoms with Gasteiger partial charge in [-0.05, 0) is 30.3 Å². The summed E-state index contributed by atoms with van der Waals surface area (Å²) in [6.07, 6.45) is 0. The van der Waals surface area contributed by atoms with Crippen LogP contribution in [-0.4, -0.2) is 28.0 Å². The molecule has 7 nitrogen and oxygen atoms in total. The average molecular weight is 383 g/mol. The van der Waals surface area contributed by atoms with Crippen molar-refractivity contribution in [3.8, 4) is 0 Å². The number of carbonyl (C=O) groups is 1. The fraction of sp³-hybridized carbons (Fsp3) is 0. The number of nitro benzene ring substituents is 1. The Hall–Kier alpha value is -2.30. The molecule has 0 saturated heterocycles. The Morgan fingerprint density at radius 3 is 2.57 bits per heavy atom. The van der Waals surface area contributed by atoms with E-state index in [1.807, 2.05) is 0 Å². The maximum Gasteiger partial charge on any atom is 0.491 e. The Morgan fingerprint density at radius 2 is 1.96 bits per heavy atom. The van der Waals surface area contributed by atoms with Gasteiger partial charge in [0.05, 0.1) is 4.92 Å². The molecular weight excluding hydrogens is 374 g/mol. The number of nitrogens with one attached hydrogen (secondary N) is 1. The van der Waals surface area contributed by atoms with Gasteiger partial charge in [-0.2, -0.15) is 0 Å². The fourth-order valence-electron chi connectivity index (χ4n) is 1.84. The minimum atomic E-state index is -2.08. The first-order valence-electron chi connectivity index (χ1n) is 6.20. The van der Waals surface area contributed by atoms with E-state index in [1.165, 1.54) is 18.2 Å². The number of nitrogens with zero attached hydrogens (tertiary/aromatic N) is 1. The zero-order chi connectivity index (χ0) is 17.1. The average Bonchev–Trinajstić information content (AvgIpc) is 2.48. The SMILES string of the molecule is O=C(Nc1ccc(Br)cc1[N+](=O)[O-])c1ccc(F)c(B(O)O)c1. The molecule has 0 unspecified atom stereocenters. The van der Waals surface area contributed by atoms with Gasteiger partial charge in [-0.25, -0.2) is 4.39 Å². The summed E-state index contributed by atoms with van der Waals surface area (Å²) in [6, 6.07) is 7.06. The second-order valence-electron chi connectivity index (χ2n) is 4.48. The molecule has 118 valence electrons. The summed E-state index contributed by atoms with van der Waals surface area (Å²) in [4.78, 5) is 22.5. The van der Waals surface area contributed by atoms with E-state index in [1.54, 1.807) is 0 Å². The van der Waals surface area contributed by atoms with Gasteiger partial charge < -0.3 is 15.4 Å². The van der Waals surface area contributed by atoms with Gasteiger partial charge in [0.2, 0.25) is 0 Å². The minimum Gasteiger partial charge on any atom is -0.423 e. The highest BCUT2D eigenvalue weighted by atomic mass is 79.9. The van der Waals surface area contributed by atoms with E-state index in [-0.39, 0.29) is 16.9 Å². The third-order valence-electron chi connectivity index (χ3n) is 2.94. The van der Waals surface area contributed by atoms with Crippen molar-refractivity contribution in [2.24, 2.45) is 0 Å².